The van der Waals surface area contributed by atoms with E-state index < -0.39 is 6.10 Å². The Morgan fingerprint density at radius 2 is 2.07 bits per heavy atom. The van der Waals surface area contributed by atoms with Crippen LogP contribution >= 0.6 is 11.6 Å². The summed E-state index contributed by atoms with van der Waals surface area (Å²) in [6.45, 7) is 2.12. The van der Waals surface area contributed by atoms with Crippen LogP contribution in [0.5, 0.6) is 23.1 Å². The fourth-order valence-electron chi connectivity index (χ4n) is 5.76. The Balaban J connectivity index is 1.09. The van der Waals surface area contributed by atoms with Crippen LogP contribution in [-0.4, -0.2) is 80.8 Å². The molecule has 43 heavy (non-hydrogen) atoms. The third kappa shape index (κ3) is 5.11. The van der Waals surface area contributed by atoms with Crippen LogP contribution in [0.2, 0.25) is 5.02 Å². The molecule has 7 rings (SSSR count). The number of fused-ring (bicyclic) bond motifs is 3. The number of hydrogen-bond donors (Lipinski definition) is 5. The van der Waals surface area contributed by atoms with Gasteiger partial charge in [-0.05, 0) is 63.3 Å². The maximum absolute atomic E-state index is 13.0. The summed E-state index contributed by atoms with van der Waals surface area (Å²) >= 11 is 6.34. The summed E-state index contributed by atoms with van der Waals surface area (Å²) in [5, 5.41) is 26.7. The number of pyridine rings is 1. The Bertz CT molecular complexity index is 1870. The third-order valence-corrected chi connectivity index (χ3v) is 8.46. The Morgan fingerprint density at radius 1 is 1.23 bits per heavy atom. The van der Waals surface area contributed by atoms with Gasteiger partial charge in [-0.25, -0.2) is 4.98 Å². The fraction of sp³-hybridized carbons (Fsp3) is 0.333. The van der Waals surface area contributed by atoms with Crippen LogP contribution in [0.3, 0.4) is 0 Å². The molecule has 0 saturated carbocycles. The second kappa shape index (κ2) is 11.0. The molecule has 0 radical (unpaired) electrons. The quantitative estimate of drug-likeness (QED) is 0.176. The number of ether oxygens (including phenoxy) is 3. The van der Waals surface area contributed by atoms with Crippen molar-refractivity contribution in [1.29, 1.82) is 0 Å². The number of imidazole rings is 1. The Hall–Kier alpha value is -4.39. The monoisotopic (exact) mass is 606 g/mol. The van der Waals surface area contributed by atoms with Gasteiger partial charge in [-0.3, -0.25) is 4.79 Å². The molecule has 0 bridgehead atoms. The molecule has 0 aliphatic carbocycles. The number of aliphatic hydroxyl groups is 1. The van der Waals surface area contributed by atoms with Crippen molar-refractivity contribution in [1.82, 2.24) is 24.4 Å². The van der Waals surface area contributed by atoms with E-state index in [2.05, 4.69) is 27.2 Å². The minimum atomic E-state index is -0.922. The van der Waals surface area contributed by atoms with Gasteiger partial charge >= 0.3 is 0 Å². The van der Waals surface area contributed by atoms with Gasteiger partial charge in [0.05, 0.1) is 16.7 Å². The lowest BCUT2D eigenvalue weighted by Crippen LogP contribution is -2.31. The highest BCUT2D eigenvalue weighted by atomic mass is 35.5. The van der Waals surface area contributed by atoms with Gasteiger partial charge < -0.3 is 49.2 Å². The number of H-pyrrole nitrogens is 2. The summed E-state index contributed by atoms with van der Waals surface area (Å²) in [6.07, 6.45) is 4.55. The normalized spacial score (nSPS) is 16.3. The number of piperidine rings is 1. The molecule has 5 heterocycles. The number of likely N-dealkylation sites (tertiary alicyclic amines) is 1. The molecule has 1 fully saturated rings. The van der Waals surface area contributed by atoms with Gasteiger partial charge in [0.25, 0.3) is 5.56 Å². The van der Waals surface area contributed by atoms with E-state index in [1.807, 2.05) is 22.9 Å². The topological polar surface area (TPSA) is 150 Å². The SMILES string of the molecule is CN1CCC(n2cc3cc4[nH]c(-c5c(NC[C@@H](O)COc6ccc7c(c6Cl)OCO7)cc[nH]c5=O)nc4cc3c2O)CC1. The van der Waals surface area contributed by atoms with E-state index in [4.69, 9.17) is 30.8 Å². The summed E-state index contributed by atoms with van der Waals surface area (Å²) in [6, 6.07) is 9.10. The molecule has 2 aromatic carbocycles. The predicted octanol–water partition coefficient (Wildman–Crippen LogP) is 4.08. The van der Waals surface area contributed by atoms with E-state index in [9.17, 15) is 15.0 Å². The molecule has 12 nitrogen and oxygen atoms in total. The molecule has 2 aliphatic heterocycles. The first-order valence-corrected chi connectivity index (χ1v) is 14.5. The number of hydrogen-bond acceptors (Lipinski definition) is 9. The molecular formula is C30H31ClN6O6. The van der Waals surface area contributed by atoms with Crippen molar-refractivity contribution in [3.05, 3.63) is 58.1 Å². The van der Waals surface area contributed by atoms with E-state index in [1.54, 1.807) is 18.2 Å². The fourth-order valence-corrected chi connectivity index (χ4v) is 6.02. The summed E-state index contributed by atoms with van der Waals surface area (Å²) in [4.78, 5) is 25.9. The molecule has 3 aromatic heterocycles. The average Bonchev–Trinajstić information content (AvgIpc) is 3.72. The maximum atomic E-state index is 13.0. The van der Waals surface area contributed by atoms with Crippen LogP contribution in [-0.2, 0) is 0 Å². The van der Waals surface area contributed by atoms with E-state index in [1.165, 1.54) is 6.20 Å². The lowest BCUT2D eigenvalue weighted by atomic mass is 10.1. The van der Waals surface area contributed by atoms with Gasteiger partial charge in [-0.15, -0.1) is 0 Å². The highest BCUT2D eigenvalue weighted by Crippen LogP contribution is 2.44. The van der Waals surface area contributed by atoms with Crippen molar-refractivity contribution in [3.63, 3.8) is 0 Å². The molecule has 5 aromatic rings. The average molecular weight is 607 g/mol. The first-order valence-electron chi connectivity index (χ1n) is 14.1. The highest BCUT2D eigenvalue weighted by Gasteiger charge is 2.24. The predicted molar refractivity (Wildman–Crippen MR) is 163 cm³/mol. The van der Waals surface area contributed by atoms with E-state index in [0.29, 0.717) is 39.8 Å². The van der Waals surface area contributed by atoms with E-state index in [0.717, 1.165) is 42.2 Å². The zero-order chi connectivity index (χ0) is 29.7. The molecule has 2 aliphatic rings. The molecule has 1 atom stereocenters. The van der Waals surface area contributed by atoms with Crippen molar-refractivity contribution in [2.45, 2.75) is 25.0 Å². The number of halogens is 1. The Labute approximate surface area is 250 Å². The maximum Gasteiger partial charge on any atom is 0.261 e. The summed E-state index contributed by atoms with van der Waals surface area (Å²) in [5.74, 6) is 1.92. The number of benzene rings is 2. The molecule has 0 unspecified atom stereocenters. The number of aromatic hydroxyl groups is 1. The largest absolute Gasteiger partial charge is 0.494 e. The van der Waals surface area contributed by atoms with Crippen LogP contribution in [0.4, 0.5) is 5.69 Å². The number of nitrogens with one attached hydrogen (secondary N) is 3. The minimum Gasteiger partial charge on any atom is -0.494 e. The van der Waals surface area contributed by atoms with E-state index >= 15 is 0 Å². The molecule has 0 amide bonds. The number of aromatic nitrogens is 4. The first kappa shape index (κ1) is 27.4. The van der Waals surface area contributed by atoms with Crippen LogP contribution in [0.15, 0.2) is 47.5 Å². The second-order valence-electron chi connectivity index (χ2n) is 11.0. The van der Waals surface area contributed by atoms with Crippen molar-refractivity contribution >= 4 is 39.1 Å². The summed E-state index contributed by atoms with van der Waals surface area (Å²) in [7, 11) is 2.11. The van der Waals surface area contributed by atoms with Gasteiger partial charge in [-0.1, -0.05) is 11.6 Å². The van der Waals surface area contributed by atoms with Crippen LogP contribution in [0, 0.1) is 0 Å². The number of aliphatic hydroxyl groups excluding tert-OH is 1. The van der Waals surface area contributed by atoms with Gasteiger partial charge in [0.1, 0.15) is 34.9 Å². The Morgan fingerprint density at radius 3 is 2.91 bits per heavy atom. The minimum absolute atomic E-state index is 0.0495. The number of aromatic amines is 2. The van der Waals surface area contributed by atoms with Crippen LogP contribution in [0.25, 0.3) is 33.2 Å². The van der Waals surface area contributed by atoms with Gasteiger partial charge in [0.2, 0.25) is 6.79 Å². The lowest BCUT2D eigenvalue weighted by molar-refractivity contribution is 0.117. The highest BCUT2D eigenvalue weighted by molar-refractivity contribution is 6.33. The van der Waals surface area contributed by atoms with Crippen molar-refractivity contribution in [2.24, 2.45) is 0 Å². The molecule has 224 valence electrons. The summed E-state index contributed by atoms with van der Waals surface area (Å²) in [5.41, 5.74) is 1.82. The van der Waals surface area contributed by atoms with Gasteiger partial charge in [0, 0.05) is 35.8 Å². The van der Waals surface area contributed by atoms with Crippen molar-refractivity contribution < 1.29 is 24.4 Å². The van der Waals surface area contributed by atoms with Crippen LogP contribution in [0.1, 0.15) is 18.9 Å². The van der Waals surface area contributed by atoms with Crippen LogP contribution < -0.4 is 25.1 Å². The molecule has 1 saturated heterocycles. The van der Waals surface area contributed by atoms with Gasteiger partial charge in [-0.2, -0.15) is 0 Å². The third-order valence-electron chi connectivity index (χ3n) is 8.10. The Kier molecular flexibility index (Phi) is 7.04. The molecule has 13 heteroatoms. The van der Waals surface area contributed by atoms with Crippen molar-refractivity contribution in [2.75, 3.05) is 45.4 Å². The lowest BCUT2D eigenvalue weighted by Gasteiger charge is -2.30. The molecule has 0 spiro atoms. The van der Waals surface area contributed by atoms with Gasteiger partial charge in [0.15, 0.2) is 17.4 Å². The smallest absolute Gasteiger partial charge is 0.261 e. The molecule has 5 N–H and O–H groups in total. The zero-order valence-electron chi connectivity index (χ0n) is 23.4. The van der Waals surface area contributed by atoms with Crippen molar-refractivity contribution in [3.8, 4) is 34.5 Å². The standard InChI is InChI=1S/C30H31ClN6O6/c1-36-8-5-17(6-9-36)37-13-16-10-21-22(11-19(16)30(37)40)35-28(34-21)25-20(4-7-32-29(25)39)33-12-18(38)14-41-23-2-3-24-27(26(23)31)43-15-42-24/h2-4,7,10-11,13,17-18,38,40H,5-6,8-9,12,14-15H2,1H3,(H,34,35)(H2,32,33,39)/t18-/m1/s1. The first-order chi connectivity index (χ1) is 20.9. The zero-order valence-corrected chi connectivity index (χ0v) is 24.1. The second-order valence-corrected chi connectivity index (χ2v) is 11.4. The number of rotatable bonds is 8. The molecular weight excluding hydrogens is 576 g/mol. The number of anilines is 1. The number of nitrogens with zero attached hydrogens (tertiary/aromatic N) is 3. The summed E-state index contributed by atoms with van der Waals surface area (Å²) < 4.78 is 18.3. The van der Waals surface area contributed by atoms with E-state index in [-0.39, 0.29) is 42.4 Å².